The summed E-state index contributed by atoms with van der Waals surface area (Å²) >= 11 is 0. The lowest BCUT2D eigenvalue weighted by atomic mass is 10.2. The Bertz CT molecular complexity index is 1080. The molecule has 152 valence electrons. The van der Waals surface area contributed by atoms with Crippen molar-refractivity contribution in [1.29, 1.82) is 0 Å². The smallest absolute Gasteiger partial charge is 0.343 e. The van der Waals surface area contributed by atoms with Crippen LogP contribution in [-0.4, -0.2) is 24.7 Å². The highest BCUT2D eigenvalue weighted by molar-refractivity contribution is 5.91. The first kappa shape index (κ1) is 20.7. The second-order valence-electron chi connectivity index (χ2n) is 6.37. The predicted molar refractivity (Wildman–Crippen MR) is 110 cm³/mol. The maximum Gasteiger partial charge on any atom is 0.343 e. The molecule has 0 saturated heterocycles. The van der Waals surface area contributed by atoms with Crippen molar-refractivity contribution < 1.29 is 23.5 Å². The molecule has 3 aromatic rings. The minimum atomic E-state index is -0.676. The van der Waals surface area contributed by atoms with Gasteiger partial charge in [-0.1, -0.05) is 30.3 Å². The number of hydrazone groups is 1. The highest BCUT2D eigenvalue weighted by Gasteiger charge is 2.09. The van der Waals surface area contributed by atoms with E-state index in [-0.39, 0.29) is 17.9 Å². The average molecular weight is 406 g/mol. The van der Waals surface area contributed by atoms with Gasteiger partial charge in [-0.2, -0.15) is 5.10 Å². The van der Waals surface area contributed by atoms with Gasteiger partial charge in [0.15, 0.2) is 6.61 Å². The number of carbonyl (C=O) groups excluding carboxylic acids is 2. The van der Waals surface area contributed by atoms with Crippen LogP contribution in [0.1, 0.15) is 21.5 Å². The molecule has 3 aromatic carbocycles. The molecule has 0 fully saturated rings. The monoisotopic (exact) mass is 406 g/mol. The second kappa shape index (κ2) is 9.97. The summed E-state index contributed by atoms with van der Waals surface area (Å²) in [6, 6.07) is 19.1. The number of hydrogen-bond donors (Lipinski definition) is 1. The van der Waals surface area contributed by atoms with Gasteiger partial charge in [0.25, 0.3) is 5.91 Å². The molecule has 0 atom stereocenters. The maximum atomic E-state index is 13.2. The Kier molecular flexibility index (Phi) is 6.89. The van der Waals surface area contributed by atoms with Crippen LogP contribution in [0.15, 0.2) is 77.9 Å². The van der Waals surface area contributed by atoms with Crippen molar-refractivity contribution in [1.82, 2.24) is 5.43 Å². The number of ether oxygens (including phenoxy) is 2. The van der Waals surface area contributed by atoms with Gasteiger partial charge in [0, 0.05) is 0 Å². The molecule has 0 aliphatic heterocycles. The van der Waals surface area contributed by atoms with E-state index in [0.29, 0.717) is 11.3 Å². The normalized spacial score (nSPS) is 10.6. The van der Waals surface area contributed by atoms with Crippen molar-refractivity contribution in [3.63, 3.8) is 0 Å². The summed E-state index contributed by atoms with van der Waals surface area (Å²) in [5, 5.41) is 3.87. The van der Waals surface area contributed by atoms with E-state index in [9.17, 15) is 14.0 Å². The molecule has 0 radical (unpaired) electrons. The number of nitrogens with zero attached hydrogens (tertiary/aromatic N) is 1. The lowest BCUT2D eigenvalue weighted by Crippen LogP contribution is -2.24. The molecule has 0 unspecified atom stereocenters. The predicted octanol–water partition coefficient (Wildman–Crippen LogP) is 3.88. The molecule has 0 bridgehead atoms. The molecule has 6 nitrogen and oxygen atoms in total. The van der Waals surface area contributed by atoms with E-state index in [0.717, 1.165) is 11.6 Å². The summed E-state index contributed by atoms with van der Waals surface area (Å²) in [5.74, 6) is -0.747. The molecule has 0 saturated carbocycles. The third-order valence-electron chi connectivity index (χ3n) is 3.89. The van der Waals surface area contributed by atoms with Gasteiger partial charge in [-0.25, -0.2) is 14.6 Å². The third-order valence-corrected chi connectivity index (χ3v) is 3.89. The van der Waals surface area contributed by atoms with Crippen molar-refractivity contribution in [2.24, 2.45) is 5.10 Å². The molecule has 7 heteroatoms. The Morgan fingerprint density at radius 2 is 1.77 bits per heavy atom. The summed E-state index contributed by atoms with van der Waals surface area (Å²) in [6.07, 6.45) is 1.41. The van der Waals surface area contributed by atoms with Gasteiger partial charge >= 0.3 is 5.97 Å². The first-order chi connectivity index (χ1) is 14.5. The molecule has 0 heterocycles. The van der Waals surface area contributed by atoms with Crippen molar-refractivity contribution in [3.8, 4) is 11.5 Å². The molecule has 30 heavy (non-hydrogen) atoms. The van der Waals surface area contributed by atoms with Gasteiger partial charge in [0.2, 0.25) is 0 Å². The minimum Gasteiger partial charge on any atom is -0.484 e. The van der Waals surface area contributed by atoms with Crippen LogP contribution >= 0.6 is 0 Å². The van der Waals surface area contributed by atoms with Crippen LogP contribution in [0.25, 0.3) is 0 Å². The van der Waals surface area contributed by atoms with Gasteiger partial charge in [0.1, 0.15) is 17.3 Å². The van der Waals surface area contributed by atoms with E-state index >= 15 is 0 Å². The van der Waals surface area contributed by atoms with E-state index < -0.39 is 17.7 Å². The Balaban J connectivity index is 1.52. The number of amides is 1. The molecule has 0 aliphatic rings. The van der Waals surface area contributed by atoms with Gasteiger partial charge in [-0.15, -0.1) is 0 Å². The van der Waals surface area contributed by atoms with Gasteiger partial charge < -0.3 is 9.47 Å². The second-order valence-corrected chi connectivity index (χ2v) is 6.37. The van der Waals surface area contributed by atoms with E-state index in [2.05, 4.69) is 10.5 Å². The number of hydrogen-bond acceptors (Lipinski definition) is 5. The van der Waals surface area contributed by atoms with Gasteiger partial charge in [-0.05, 0) is 60.5 Å². The lowest BCUT2D eigenvalue weighted by Gasteiger charge is -2.06. The molecular weight excluding hydrogens is 387 g/mol. The van der Waals surface area contributed by atoms with Crippen LogP contribution < -0.4 is 14.9 Å². The van der Waals surface area contributed by atoms with Crippen LogP contribution in [0, 0.1) is 12.7 Å². The number of esters is 1. The molecule has 3 rings (SSSR count). The number of carbonyl (C=O) groups is 2. The van der Waals surface area contributed by atoms with Crippen molar-refractivity contribution in [2.45, 2.75) is 6.92 Å². The van der Waals surface area contributed by atoms with E-state index in [1.165, 1.54) is 24.4 Å². The summed E-state index contributed by atoms with van der Waals surface area (Å²) in [4.78, 5) is 23.9. The number of nitrogens with one attached hydrogen (secondary N) is 1. The third kappa shape index (κ3) is 6.27. The van der Waals surface area contributed by atoms with Crippen LogP contribution in [0.2, 0.25) is 0 Å². The van der Waals surface area contributed by atoms with E-state index in [4.69, 9.17) is 9.47 Å². The SMILES string of the molecule is Cc1cccc(OCC(=O)N/N=C/c2cccc(OC(=O)c3cccc(F)c3)c2)c1. The van der Waals surface area contributed by atoms with Crippen LogP contribution in [0.3, 0.4) is 0 Å². The fourth-order valence-electron chi connectivity index (χ4n) is 2.50. The van der Waals surface area contributed by atoms with Crippen molar-refractivity contribution >= 4 is 18.1 Å². The molecule has 1 amide bonds. The Morgan fingerprint density at radius 3 is 2.57 bits per heavy atom. The fraction of sp³-hybridized carbons (Fsp3) is 0.0870. The standard InChI is InChI=1S/C23H19FN2O4/c1-16-5-2-9-20(11-16)29-15-22(27)26-25-14-17-6-3-10-21(12-17)30-23(28)18-7-4-8-19(24)13-18/h2-14H,15H2,1H3,(H,26,27)/b25-14+. The summed E-state index contributed by atoms with van der Waals surface area (Å²) < 4.78 is 23.9. The average Bonchev–Trinajstić information content (AvgIpc) is 2.73. The molecule has 0 spiro atoms. The lowest BCUT2D eigenvalue weighted by molar-refractivity contribution is -0.123. The maximum absolute atomic E-state index is 13.2. The van der Waals surface area contributed by atoms with Crippen LogP contribution in [-0.2, 0) is 4.79 Å². The van der Waals surface area contributed by atoms with Crippen LogP contribution in [0.4, 0.5) is 4.39 Å². The summed E-state index contributed by atoms with van der Waals surface area (Å²) in [5.41, 5.74) is 4.10. The Hall–Kier alpha value is -4.00. The summed E-state index contributed by atoms with van der Waals surface area (Å²) in [6.45, 7) is 1.76. The topological polar surface area (TPSA) is 77.0 Å². The zero-order chi connectivity index (χ0) is 21.3. The van der Waals surface area contributed by atoms with Gasteiger partial charge in [0.05, 0.1) is 11.8 Å². The number of aryl methyl sites for hydroxylation is 1. The highest BCUT2D eigenvalue weighted by Crippen LogP contribution is 2.15. The Morgan fingerprint density at radius 1 is 1.00 bits per heavy atom. The molecular formula is C23H19FN2O4. The number of halogens is 1. The fourth-order valence-corrected chi connectivity index (χ4v) is 2.50. The molecule has 0 aliphatic carbocycles. The molecule has 0 aromatic heterocycles. The summed E-state index contributed by atoms with van der Waals surface area (Å²) in [7, 11) is 0. The van der Waals surface area contributed by atoms with Crippen molar-refractivity contribution in [3.05, 3.63) is 95.3 Å². The van der Waals surface area contributed by atoms with Gasteiger partial charge in [-0.3, -0.25) is 4.79 Å². The quantitative estimate of drug-likeness (QED) is 0.280. The van der Waals surface area contributed by atoms with Crippen molar-refractivity contribution in [2.75, 3.05) is 6.61 Å². The number of benzene rings is 3. The first-order valence-electron chi connectivity index (χ1n) is 9.09. The largest absolute Gasteiger partial charge is 0.484 e. The Labute approximate surface area is 173 Å². The zero-order valence-electron chi connectivity index (χ0n) is 16.2. The number of rotatable bonds is 7. The van der Waals surface area contributed by atoms with E-state index in [1.54, 1.807) is 30.3 Å². The zero-order valence-corrected chi connectivity index (χ0v) is 16.2. The van der Waals surface area contributed by atoms with E-state index in [1.807, 2.05) is 25.1 Å². The first-order valence-corrected chi connectivity index (χ1v) is 9.09. The minimum absolute atomic E-state index is 0.106. The molecule has 1 N–H and O–H groups in total. The van der Waals surface area contributed by atoms with Crippen LogP contribution in [0.5, 0.6) is 11.5 Å². The highest BCUT2D eigenvalue weighted by atomic mass is 19.1.